The summed E-state index contributed by atoms with van der Waals surface area (Å²) in [4.78, 5) is 0.756. The van der Waals surface area contributed by atoms with Crippen molar-refractivity contribution < 1.29 is 13.7 Å². The standard InChI is InChI=1S/C19H30O3SSi/c1-16-7-9-18(10-8-16)23(21)14-12-17(15-20)11-13-22-24(5,6)19(2,3)4/h7-12,14,20H,13,15H2,1-6H3/b14-12-,17-11+. The van der Waals surface area contributed by atoms with Crippen molar-refractivity contribution in [3.05, 3.63) is 53.0 Å². The summed E-state index contributed by atoms with van der Waals surface area (Å²) in [7, 11) is -3.01. The molecular formula is C19H30O3SSi. The van der Waals surface area contributed by atoms with E-state index in [9.17, 15) is 9.32 Å². The van der Waals surface area contributed by atoms with E-state index in [1.54, 1.807) is 11.5 Å². The third-order valence-electron chi connectivity index (χ3n) is 4.44. The molecule has 0 aliphatic heterocycles. The van der Waals surface area contributed by atoms with Crippen LogP contribution in [0, 0.1) is 6.92 Å². The Kier molecular flexibility index (Phi) is 7.80. The maximum absolute atomic E-state index is 12.2. The monoisotopic (exact) mass is 366 g/mol. The Bertz CT molecular complexity index is 610. The number of aliphatic hydroxyl groups excluding tert-OH is 1. The van der Waals surface area contributed by atoms with E-state index in [1.165, 1.54) is 0 Å². The maximum Gasteiger partial charge on any atom is 0.192 e. The first-order valence-electron chi connectivity index (χ1n) is 8.16. The summed E-state index contributed by atoms with van der Waals surface area (Å²) >= 11 is 0. The molecule has 24 heavy (non-hydrogen) atoms. The van der Waals surface area contributed by atoms with Gasteiger partial charge in [-0.1, -0.05) is 44.5 Å². The van der Waals surface area contributed by atoms with Crippen LogP contribution in [0.15, 0.2) is 52.3 Å². The second-order valence-corrected chi connectivity index (χ2v) is 13.6. The Balaban J connectivity index is 2.69. The zero-order chi connectivity index (χ0) is 18.4. The van der Waals surface area contributed by atoms with Gasteiger partial charge in [0.15, 0.2) is 8.32 Å². The fourth-order valence-electron chi connectivity index (χ4n) is 1.66. The van der Waals surface area contributed by atoms with Gasteiger partial charge in [-0.3, -0.25) is 0 Å². The molecular weight excluding hydrogens is 336 g/mol. The van der Waals surface area contributed by atoms with Crippen LogP contribution in [-0.2, 0) is 15.2 Å². The first-order chi connectivity index (χ1) is 11.1. The molecule has 3 nitrogen and oxygen atoms in total. The predicted octanol–water partition coefficient (Wildman–Crippen LogP) is 4.56. The smallest absolute Gasteiger partial charge is 0.192 e. The van der Waals surface area contributed by atoms with Crippen molar-refractivity contribution in [2.24, 2.45) is 0 Å². The summed E-state index contributed by atoms with van der Waals surface area (Å²) in [6.45, 7) is 13.3. The lowest BCUT2D eigenvalue weighted by atomic mass is 10.2. The van der Waals surface area contributed by atoms with E-state index < -0.39 is 19.1 Å². The van der Waals surface area contributed by atoms with Crippen LogP contribution in [0.3, 0.4) is 0 Å². The zero-order valence-corrected chi connectivity index (χ0v) is 17.4. The van der Waals surface area contributed by atoms with E-state index in [1.807, 2.05) is 37.3 Å². The molecule has 1 N–H and O–H groups in total. The highest BCUT2D eigenvalue weighted by molar-refractivity contribution is 7.88. The van der Waals surface area contributed by atoms with Gasteiger partial charge in [-0.25, -0.2) is 4.21 Å². The Morgan fingerprint density at radius 2 is 1.83 bits per heavy atom. The summed E-state index contributed by atoms with van der Waals surface area (Å²) in [5.41, 5.74) is 1.85. The minimum absolute atomic E-state index is 0.0948. The summed E-state index contributed by atoms with van der Waals surface area (Å²) < 4.78 is 18.3. The molecule has 0 spiro atoms. The lowest BCUT2D eigenvalue weighted by Gasteiger charge is -2.35. The van der Waals surface area contributed by atoms with E-state index in [4.69, 9.17) is 4.43 Å². The number of hydrogen-bond donors (Lipinski definition) is 1. The molecule has 0 heterocycles. The lowest BCUT2D eigenvalue weighted by molar-refractivity contribution is 0.317. The second-order valence-electron chi connectivity index (χ2n) is 7.42. The maximum atomic E-state index is 12.2. The van der Waals surface area contributed by atoms with Crippen molar-refractivity contribution in [1.82, 2.24) is 0 Å². The molecule has 0 aliphatic rings. The van der Waals surface area contributed by atoms with Crippen molar-refractivity contribution in [3.63, 3.8) is 0 Å². The van der Waals surface area contributed by atoms with E-state index in [2.05, 4.69) is 33.9 Å². The van der Waals surface area contributed by atoms with Gasteiger partial charge >= 0.3 is 0 Å². The Labute approximate surface area is 150 Å². The van der Waals surface area contributed by atoms with Crippen LogP contribution in [-0.4, -0.2) is 30.8 Å². The molecule has 1 rings (SSSR count). The first-order valence-corrected chi connectivity index (χ1v) is 12.3. The first kappa shape index (κ1) is 21.0. The molecule has 1 aromatic rings. The van der Waals surface area contributed by atoms with Crippen molar-refractivity contribution in [2.45, 2.75) is 50.7 Å². The van der Waals surface area contributed by atoms with E-state index in [0.29, 0.717) is 12.2 Å². The van der Waals surface area contributed by atoms with Gasteiger partial charge in [0.25, 0.3) is 0 Å². The van der Waals surface area contributed by atoms with Gasteiger partial charge in [0.1, 0.15) is 0 Å². The molecule has 0 saturated heterocycles. The largest absolute Gasteiger partial charge is 0.413 e. The second kappa shape index (κ2) is 8.90. The van der Waals surface area contributed by atoms with Gasteiger partial charge in [-0.15, -0.1) is 0 Å². The average Bonchev–Trinajstić information content (AvgIpc) is 2.49. The molecule has 134 valence electrons. The summed E-state index contributed by atoms with van der Waals surface area (Å²) in [6.07, 6.45) is 3.58. The molecule has 0 amide bonds. The normalized spacial score (nSPS) is 15.0. The van der Waals surface area contributed by atoms with Crippen molar-refractivity contribution in [1.29, 1.82) is 0 Å². The zero-order valence-electron chi connectivity index (χ0n) is 15.6. The minimum atomic E-state index is -1.80. The van der Waals surface area contributed by atoms with Crippen LogP contribution >= 0.6 is 0 Å². The van der Waals surface area contributed by atoms with Crippen LogP contribution in [0.4, 0.5) is 0 Å². The van der Waals surface area contributed by atoms with E-state index in [0.717, 1.165) is 10.5 Å². The van der Waals surface area contributed by atoms with Gasteiger partial charge in [-0.2, -0.15) is 0 Å². The van der Waals surface area contributed by atoms with Crippen molar-refractivity contribution >= 4 is 19.1 Å². The quantitative estimate of drug-likeness (QED) is 0.568. The molecule has 0 radical (unpaired) electrons. The highest BCUT2D eigenvalue weighted by Gasteiger charge is 2.36. The van der Waals surface area contributed by atoms with Gasteiger partial charge in [0, 0.05) is 10.3 Å². The number of aliphatic hydroxyl groups is 1. The third kappa shape index (κ3) is 6.47. The molecule has 0 aromatic heterocycles. The lowest BCUT2D eigenvalue weighted by Crippen LogP contribution is -2.40. The van der Waals surface area contributed by atoms with Gasteiger partial charge in [0.2, 0.25) is 0 Å². The van der Waals surface area contributed by atoms with Crippen molar-refractivity contribution in [2.75, 3.05) is 13.2 Å². The highest BCUT2D eigenvalue weighted by Crippen LogP contribution is 2.36. The van der Waals surface area contributed by atoms with Gasteiger partial charge in [-0.05, 0) is 48.8 Å². The highest BCUT2D eigenvalue weighted by atomic mass is 32.2. The predicted molar refractivity (Wildman–Crippen MR) is 105 cm³/mol. The molecule has 0 fully saturated rings. The van der Waals surface area contributed by atoms with Gasteiger partial charge < -0.3 is 9.53 Å². The molecule has 0 aliphatic carbocycles. The summed E-state index contributed by atoms with van der Waals surface area (Å²) in [5.74, 6) is 0. The van der Waals surface area contributed by atoms with Crippen LogP contribution in [0.1, 0.15) is 26.3 Å². The Morgan fingerprint density at radius 3 is 2.33 bits per heavy atom. The third-order valence-corrected chi connectivity index (χ3v) is 10.1. The summed E-state index contributed by atoms with van der Waals surface area (Å²) in [6, 6.07) is 7.60. The number of benzene rings is 1. The average molecular weight is 367 g/mol. The Morgan fingerprint density at radius 1 is 1.25 bits per heavy atom. The molecule has 1 aromatic carbocycles. The van der Waals surface area contributed by atoms with Crippen molar-refractivity contribution in [3.8, 4) is 0 Å². The molecule has 0 saturated carbocycles. The van der Waals surface area contributed by atoms with Crippen LogP contribution in [0.25, 0.3) is 0 Å². The fourth-order valence-corrected chi connectivity index (χ4v) is 3.45. The summed E-state index contributed by atoms with van der Waals surface area (Å²) in [5, 5.41) is 11.2. The minimum Gasteiger partial charge on any atom is -0.413 e. The fraction of sp³-hybridized carbons (Fsp3) is 0.474. The topological polar surface area (TPSA) is 46.5 Å². The number of hydrogen-bond acceptors (Lipinski definition) is 3. The van der Waals surface area contributed by atoms with Crippen LogP contribution in [0.5, 0.6) is 0 Å². The van der Waals surface area contributed by atoms with E-state index in [-0.39, 0.29) is 11.6 Å². The van der Waals surface area contributed by atoms with E-state index >= 15 is 0 Å². The molecule has 1 atom stereocenters. The number of rotatable bonds is 7. The Hall–Kier alpha value is -1.01. The molecule has 1 unspecified atom stereocenters. The number of aryl methyl sites for hydroxylation is 1. The van der Waals surface area contributed by atoms with Crippen LogP contribution < -0.4 is 0 Å². The SMILES string of the molecule is Cc1ccc(S(=O)/C=C\C(=C/CO[Si](C)(C)C(C)(C)C)CO)cc1. The van der Waals surface area contributed by atoms with Gasteiger partial charge in [0.05, 0.1) is 24.0 Å². The molecule has 0 bridgehead atoms. The molecule has 5 heteroatoms. The van der Waals surface area contributed by atoms with Crippen LogP contribution in [0.2, 0.25) is 18.1 Å².